The van der Waals surface area contributed by atoms with Crippen molar-refractivity contribution in [3.05, 3.63) is 12.2 Å². The Morgan fingerprint density at radius 3 is 1.97 bits per heavy atom. The Bertz CT molecular complexity index is 572. The van der Waals surface area contributed by atoms with Crippen molar-refractivity contribution in [1.29, 1.82) is 0 Å². The van der Waals surface area contributed by atoms with Crippen molar-refractivity contribution in [3.8, 4) is 0 Å². The van der Waals surface area contributed by atoms with E-state index in [1.54, 1.807) is 21.0 Å². The maximum absolute atomic E-state index is 12.6. The Balaban J connectivity index is 3.77. The van der Waals surface area contributed by atoms with Crippen LogP contribution < -0.4 is 0 Å². The monoisotopic (exact) mass is 524 g/mol. The van der Waals surface area contributed by atoms with Crippen LogP contribution >= 0.6 is 7.60 Å². The second-order valence-electron chi connectivity index (χ2n) is 10.2. The molecule has 3 atom stereocenters. The quantitative estimate of drug-likeness (QED) is 0.0464. The van der Waals surface area contributed by atoms with E-state index in [1.165, 1.54) is 51.4 Å². The predicted molar refractivity (Wildman–Crippen MR) is 142 cm³/mol. The standard InChI is InChI=1S/C26H54NO7P/c1-5-6-7-8-9-10-11-12-13-14-15-16-17-18-21-33-22-25(28)23-34-35(31,32)24(2)27(3,4)20-19-26(29)30/h13-14,24-26,28-30H,5-12,15-23H2,1-4H3/p+1/b14-13-/t24?,25-/m1/s1. The highest BCUT2D eigenvalue weighted by atomic mass is 31.2. The van der Waals surface area contributed by atoms with Crippen molar-refractivity contribution < 1.29 is 38.5 Å². The lowest BCUT2D eigenvalue weighted by molar-refractivity contribution is -0.901. The summed E-state index contributed by atoms with van der Waals surface area (Å²) in [5.74, 6) is -0.779. The van der Waals surface area contributed by atoms with Gasteiger partial charge in [-0.2, -0.15) is 0 Å². The molecule has 0 aliphatic rings. The van der Waals surface area contributed by atoms with E-state index in [0.717, 1.165) is 25.7 Å². The van der Waals surface area contributed by atoms with Crippen LogP contribution in [0.2, 0.25) is 0 Å². The zero-order chi connectivity index (χ0) is 26.6. The number of rotatable bonds is 24. The summed E-state index contributed by atoms with van der Waals surface area (Å²) < 4.78 is 23.3. The largest absolute Gasteiger partial charge is 0.388 e. The van der Waals surface area contributed by atoms with Crippen molar-refractivity contribution in [1.82, 2.24) is 0 Å². The molecule has 0 aliphatic carbocycles. The van der Waals surface area contributed by atoms with Crippen LogP contribution in [0.5, 0.6) is 0 Å². The van der Waals surface area contributed by atoms with Crippen LogP contribution in [0.4, 0.5) is 0 Å². The highest BCUT2D eigenvalue weighted by molar-refractivity contribution is 7.53. The summed E-state index contributed by atoms with van der Waals surface area (Å²) >= 11 is 0. The van der Waals surface area contributed by atoms with Gasteiger partial charge < -0.3 is 34.0 Å². The van der Waals surface area contributed by atoms with E-state index < -0.39 is 25.8 Å². The Labute approximate surface area is 214 Å². The van der Waals surface area contributed by atoms with Crippen LogP contribution in [0.15, 0.2) is 12.2 Å². The van der Waals surface area contributed by atoms with E-state index in [2.05, 4.69) is 19.1 Å². The van der Waals surface area contributed by atoms with Crippen LogP contribution in [0, 0.1) is 0 Å². The number of allylic oxidation sites excluding steroid dienone is 2. The van der Waals surface area contributed by atoms with Crippen LogP contribution in [-0.4, -0.2) is 83.3 Å². The third-order valence-electron chi connectivity index (χ3n) is 6.51. The van der Waals surface area contributed by atoms with Crippen LogP contribution in [0.3, 0.4) is 0 Å². The second-order valence-corrected chi connectivity index (χ2v) is 12.4. The molecule has 0 aromatic carbocycles. The number of unbranched alkanes of at least 4 members (excludes halogenated alkanes) is 10. The number of ether oxygens (including phenoxy) is 1. The molecule has 0 aliphatic heterocycles. The summed E-state index contributed by atoms with van der Waals surface area (Å²) in [6.45, 7) is 4.44. The van der Waals surface area contributed by atoms with Gasteiger partial charge in [-0.15, -0.1) is 0 Å². The molecular weight excluding hydrogens is 469 g/mol. The number of nitrogens with zero attached hydrogens (tertiary/aromatic N) is 1. The summed E-state index contributed by atoms with van der Waals surface area (Å²) in [7, 11) is -0.554. The fourth-order valence-corrected chi connectivity index (χ4v) is 5.20. The molecule has 4 N–H and O–H groups in total. The zero-order valence-corrected chi connectivity index (χ0v) is 23.7. The third kappa shape index (κ3) is 19.5. The van der Waals surface area contributed by atoms with Crippen LogP contribution in [0.25, 0.3) is 0 Å². The van der Waals surface area contributed by atoms with Gasteiger partial charge in [-0.1, -0.05) is 64.0 Å². The van der Waals surface area contributed by atoms with Gasteiger partial charge in [0.25, 0.3) is 0 Å². The Hall–Kier alpha value is -0.310. The van der Waals surface area contributed by atoms with E-state index >= 15 is 0 Å². The SMILES string of the molecule is CCCCCCCCC/C=C\CCCCCOC[C@@H](O)COP(=O)(O)C(C)[N+](C)(C)CCC(O)O. The van der Waals surface area contributed by atoms with E-state index in [9.17, 15) is 14.6 Å². The highest BCUT2D eigenvalue weighted by Crippen LogP contribution is 2.50. The molecule has 0 heterocycles. The molecule has 2 unspecified atom stereocenters. The first-order valence-electron chi connectivity index (χ1n) is 13.6. The van der Waals surface area contributed by atoms with Gasteiger partial charge in [-0.25, -0.2) is 0 Å². The average molecular weight is 525 g/mol. The number of aliphatic hydroxyl groups is 3. The van der Waals surface area contributed by atoms with Gasteiger partial charge >= 0.3 is 7.60 Å². The van der Waals surface area contributed by atoms with Crippen molar-refractivity contribution in [2.24, 2.45) is 0 Å². The molecule has 9 heteroatoms. The lowest BCUT2D eigenvalue weighted by atomic mass is 10.1. The van der Waals surface area contributed by atoms with Gasteiger partial charge in [-0.05, 0) is 39.0 Å². The lowest BCUT2D eigenvalue weighted by Gasteiger charge is -2.37. The minimum Gasteiger partial charge on any atom is -0.388 e. The normalized spacial score (nSPS) is 16.1. The van der Waals surface area contributed by atoms with Crippen molar-refractivity contribution >= 4 is 7.60 Å². The molecule has 0 spiro atoms. The number of aliphatic hydroxyl groups excluding tert-OH is 2. The van der Waals surface area contributed by atoms with E-state index in [-0.39, 0.29) is 24.1 Å². The molecule has 0 saturated carbocycles. The van der Waals surface area contributed by atoms with E-state index in [1.807, 2.05) is 0 Å². The van der Waals surface area contributed by atoms with Gasteiger partial charge in [0.05, 0.1) is 33.9 Å². The predicted octanol–water partition coefficient (Wildman–Crippen LogP) is 4.95. The van der Waals surface area contributed by atoms with Crippen molar-refractivity contribution in [3.63, 3.8) is 0 Å². The molecule has 0 amide bonds. The molecule has 210 valence electrons. The van der Waals surface area contributed by atoms with Crippen molar-refractivity contribution in [2.75, 3.05) is 40.5 Å². The molecule has 0 bridgehead atoms. The minimum atomic E-state index is -4.01. The topological polar surface area (TPSA) is 116 Å². The summed E-state index contributed by atoms with van der Waals surface area (Å²) in [5.41, 5.74) is 0. The maximum Gasteiger partial charge on any atom is 0.384 e. The number of hydrogen-bond acceptors (Lipinski definition) is 6. The van der Waals surface area contributed by atoms with Gasteiger partial charge in [0.1, 0.15) is 6.10 Å². The molecule has 0 rings (SSSR count). The van der Waals surface area contributed by atoms with Gasteiger partial charge in [-0.3, -0.25) is 4.57 Å². The van der Waals surface area contributed by atoms with E-state index in [4.69, 9.17) is 19.5 Å². The third-order valence-corrected chi connectivity index (χ3v) is 8.60. The smallest absolute Gasteiger partial charge is 0.384 e. The zero-order valence-electron chi connectivity index (χ0n) is 22.8. The molecule has 8 nitrogen and oxygen atoms in total. The summed E-state index contributed by atoms with van der Waals surface area (Å²) in [6.07, 6.45) is 17.0. The van der Waals surface area contributed by atoms with Gasteiger partial charge in [0.2, 0.25) is 0 Å². The van der Waals surface area contributed by atoms with Gasteiger partial charge in [0.15, 0.2) is 12.1 Å². The molecule has 0 aromatic rings. The lowest BCUT2D eigenvalue weighted by Crippen LogP contribution is -2.48. The maximum atomic E-state index is 12.6. The molecule has 0 aromatic heterocycles. The Morgan fingerprint density at radius 2 is 1.40 bits per heavy atom. The summed E-state index contributed by atoms with van der Waals surface area (Å²) in [4.78, 5) is 10.3. The first-order valence-corrected chi connectivity index (χ1v) is 15.2. The van der Waals surface area contributed by atoms with Crippen molar-refractivity contribution in [2.45, 2.75) is 115 Å². The minimum absolute atomic E-state index is 0.0572. The summed E-state index contributed by atoms with van der Waals surface area (Å²) in [6, 6.07) is 0. The van der Waals surface area contributed by atoms with Crippen LogP contribution in [0.1, 0.15) is 97.3 Å². The molecule has 0 fully saturated rings. The summed E-state index contributed by atoms with van der Waals surface area (Å²) in [5, 5.41) is 28.1. The fraction of sp³-hybridized carbons (Fsp3) is 0.923. The number of hydrogen-bond donors (Lipinski definition) is 4. The Kier molecular flexibility index (Phi) is 20.5. The first-order chi connectivity index (χ1) is 16.5. The Morgan fingerprint density at radius 1 is 0.857 bits per heavy atom. The second kappa shape index (κ2) is 20.7. The van der Waals surface area contributed by atoms with Gasteiger partial charge in [0, 0.05) is 13.0 Å². The highest BCUT2D eigenvalue weighted by Gasteiger charge is 2.41. The van der Waals surface area contributed by atoms with E-state index in [0.29, 0.717) is 13.2 Å². The molecule has 0 radical (unpaired) electrons. The number of quaternary nitrogens is 1. The van der Waals surface area contributed by atoms with Crippen LogP contribution in [-0.2, 0) is 13.8 Å². The first kappa shape index (κ1) is 34.7. The molecule has 0 saturated heterocycles. The average Bonchev–Trinajstić information content (AvgIpc) is 2.80. The molecule has 35 heavy (non-hydrogen) atoms. The fourth-order valence-electron chi connectivity index (χ4n) is 3.70. The molecular formula is C26H55NO7P+.